The summed E-state index contributed by atoms with van der Waals surface area (Å²) < 4.78 is 2.28. The molecule has 1 N–H and O–H groups in total. The van der Waals surface area contributed by atoms with Crippen molar-refractivity contribution in [3.05, 3.63) is 48.2 Å². The zero-order valence-corrected chi connectivity index (χ0v) is 12.4. The van der Waals surface area contributed by atoms with Crippen LogP contribution < -0.4 is 5.32 Å². The minimum absolute atomic E-state index is 0.692. The third-order valence-electron chi connectivity index (χ3n) is 3.46. The Morgan fingerprint density at radius 2 is 2.00 bits per heavy atom. The van der Waals surface area contributed by atoms with E-state index in [9.17, 15) is 0 Å². The summed E-state index contributed by atoms with van der Waals surface area (Å²) in [5.74, 6) is 1.83. The first kappa shape index (κ1) is 13.5. The number of imidazole rings is 1. The Balaban J connectivity index is 2.00. The summed E-state index contributed by atoms with van der Waals surface area (Å²) in [7, 11) is 1.85. The summed E-state index contributed by atoms with van der Waals surface area (Å²) in [5.41, 5.74) is 3.15. The lowest BCUT2D eigenvalue weighted by atomic mass is 10.3. The van der Waals surface area contributed by atoms with E-state index in [1.54, 1.807) is 12.4 Å². The molecule has 0 amide bonds. The summed E-state index contributed by atoms with van der Waals surface area (Å²) in [5, 5.41) is 3.02. The van der Waals surface area contributed by atoms with Crippen molar-refractivity contribution < 1.29 is 0 Å². The van der Waals surface area contributed by atoms with E-state index in [2.05, 4.69) is 45.0 Å². The van der Waals surface area contributed by atoms with Crippen molar-refractivity contribution in [1.29, 1.82) is 0 Å². The molecule has 0 aliphatic rings. The highest BCUT2D eigenvalue weighted by atomic mass is 15.1. The first-order chi connectivity index (χ1) is 10.3. The molecule has 5 heteroatoms. The van der Waals surface area contributed by atoms with E-state index in [-0.39, 0.29) is 0 Å². The second kappa shape index (κ2) is 5.91. The maximum Gasteiger partial charge on any atom is 0.144 e. The molecule has 0 fully saturated rings. The molecule has 108 valence electrons. The van der Waals surface area contributed by atoms with Crippen LogP contribution in [0.3, 0.4) is 0 Å². The largest absolute Gasteiger partial charge is 0.372 e. The standard InChI is InChI=1S/C16H19N5/c1-3-8-21-14-7-5-4-6-13(14)20-16(21)9-12-10-18-11-15(17-2)19-12/h4-7,10-11H,3,8-9H2,1-2H3,(H,17,19). The van der Waals surface area contributed by atoms with Crippen molar-refractivity contribution in [2.45, 2.75) is 26.3 Å². The lowest BCUT2D eigenvalue weighted by Crippen LogP contribution is -2.06. The van der Waals surface area contributed by atoms with E-state index in [4.69, 9.17) is 4.98 Å². The predicted molar refractivity (Wildman–Crippen MR) is 84.4 cm³/mol. The molecule has 1 aromatic carbocycles. The molecule has 3 rings (SSSR count). The molecule has 0 radical (unpaired) electrons. The molecule has 0 aliphatic heterocycles. The van der Waals surface area contributed by atoms with Crippen LogP contribution in [0.2, 0.25) is 0 Å². The number of aromatic nitrogens is 4. The van der Waals surface area contributed by atoms with Crippen LogP contribution in [0.1, 0.15) is 24.9 Å². The van der Waals surface area contributed by atoms with Gasteiger partial charge < -0.3 is 9.88 Å². The summed E-state index contributed by atoms with van der Waals surface area (Å²) in [6, 6.07) is 8.26. The van der Waals surface area contributed by atoms with Crippen molar-refractivity contribution in [2.75, 3.05) is 12.4 Å². The van der Waals surface area contributed by atoms with Gasteiger partial charge in [0, 0.05) is 26.2 Å². The van der Waals surface area contributed by atoms with Crippen molar-refractivity contribution in [1.82, 2.24) is 19.5 Å². The second-order valence-electron chi connectivity index (χ2n) is 4.99. The Labute approximate surface area is 124 Å². The van der Waals surface area contributed by atoms with Crippen LogP contribution in [0.15, 0.2) is 36.7 Å². The maximum absolute atomic E-state index is 4.76. The average Bonchev–Trinajstić information content (AvgIpc) is 2.86. The van der Waals surface area contributed by atoms with E-state index in [1.165, 1.54) is 5.52 Å². The van der Waals surface area contributed by atoms with Crippen molar-refractivity contribution in [3.63, 3.8) is 0 Å². The summed E-state index contributed by atoms with van der Waals surface area (Å²) in [6.07, 6.45) is 5.29. The molecule has 0 spiro atoms. The zero-order chi connectivity index (χ0) is 14.7. The van der Waals surface area contributed by atoms with E-state index < -0.39 is 0 Å². The van der Waals surface area contributed by atoms with E-state index in [1.807, 2.05) is 13.1 Å². The summed E-state index contributed by atoms with van der Waals surface area (Å²) in [6.45, 7) is 3.15. The van der Waals surface area contributed by atoms with Crippen LogP contribution >= 0.6 is 0 Å². The van der Waals surface area contributed by atoms with Gasteiger partial charge in [-0.2, -0.15) is 0 Å². The third kappa shape index (κ3) is 2.72. The number of aryl methyl sites for hydroxylation is 1. The SMILES string of the molecule is CCCn1c(Cc2cncc(NC)n2)nc2ccccc21. The second-order valence-corrected chi connectivity index (χ2v) is 4.99. The Kier molecular flexibility index (Phi) is 3.81. The number of benzene rings is 1. The topological polar surface area (TPSA) is 55.6 Å². The zero-order valence-electron chi connectivity index (χ0n) is 12.4. The minimum Gasteiger partial charge on any atom is -0.372 e. The van der Waals surface area contributed by atoms with Gasteiger partial charge in [0.2, 0.25) is 0 Å². The number of rotatable bonds is 5. The van der Waals surface area contributed by atoms with Crippen LogP contribution in [-0.2, 0) is 13.0 Å². The maximum atomic E-state index is 4.76. The van der Waals surface area contributed by atoms with E-state index in [0.717, 1.165) is 35.8 Å². The van der Waals surface area contributed by atoms with Crippen molar-refractivity contribution in [2.24, 2.45) is 0 Å². The average molecular weight is 281 g/mol. The number of nitrogens with zero attached hydrogens (tertiary/aromatic N) is 4. The first-order valence-electron chi connectivity index (χ1n) is 7.24. The van der Waals surface area contributed by atoms with Gasteiger partial charge in [-0.25, -0.2) is 9.97 Å². The van der Waals surface area contributed by atoms with Gasteiger partial charge in [-0.3, -0.25) is 4.98 Å². The number of fused-ring (bicyclic) bond motifs is 1. The van der Waals surface area contributed by atoms with Crippen LogP contribution in [-0.4, -0.2) is 26.6 Å². The van der Waals surface area contributed by atoms with Crippen LogP contribution in [0, 0.1) is 0 Å². The Bertz CT molecular complexity index is 747. The van der Waals surface area contributed by atoms with Crippen LogP contribution in [0.25, 0.3) is 11.0 Å². The van der Waals surface area contributed by atoms with Crippen LogP contribution in [0.4, 0.5) is 5.82 Å². The number of anilines is 1. The van der Waals surface area contributed by atoms with Crippen LogP contribution in [0.5, 0.6) is 0 Å². The van der Waals surface area contributed by atoms with Gasteiger partial charge in [0.1, 0.15) is 11.6 Å². The highest BCUT2D eigenvalue weighted by molar-refractivity contribution is 5.76. The molecule has 3 aromatic rings. The van der Waals surface area contributed by atoms with Crippen molar-refractivity contribution in [3.8, 4) is 0 Å². The Hall–Kier alpha value is -2.43. The number of nitrogens with one attached hydrogen (secondary N) is 1. The van der Waals surface area contributed by atoms with Gasteiger partial charge in [-0.15, -0.1) is 0 Å². The van der Waals surface area contributed by atoms with Gasteiger partial charge in [0.25, 0.3) is 0 Å². The summed E-state index contributed by atoms with van der Waals surface area (Å²) >= 11 is 0. The van der Waals surface area contributed by atoms with Gasteiger partial charge in [0.05, 0.1) is 22.9 Å². The Morgan fingerprint density at radius 1 is 1.14 bits per heavy atom. The lowest BCUT2D eigenvalue weighted by Gasteiger charge is -2.08. The molecular weight excluding hydrogens is 262 g/mol. The van der Waals surface area contributed by atoms with E-state index >= 15 is 0 Å². The third-order valence-corrected chi connectivity index (χ3v) is 3.46. The first-order valence-corrected chi connectivity index (χ1v) is 7.24. The van der Waals surface area contributed by atoms with E-state index in [0.29, 0.717) is 6.42 Å². The van der Waals surface area contributed by atoms with Gasteiger partial charge in [0.15, 0.2) is 0 Å². The normalized spacial score (nSPS) is 11.0. The van der Waals surface area contributed by atoms with Gasteiger partial charge in [-0.1, -0.05) is 19.1 Å². The monoisotopic (exact) mass is 281 g/mol. The quantitative estimate of drug-likeness (QED) is 0.781. The minimum atomic E-state index is 0.692. The highest BCUT2D eigenvalue weighted by Crippen LogP contribution is 2.18. The molecule has 2 aromatic heterocycles. The smallest absolute Gasteiger partial charge is 0.144 e. The molecule has 0 saturated heterocycles. The molecule has 0 saturated carbocycles. The molecule has 0 aliphatic carbocycles. The fourth-order valence-corrected chi connectivity index (χ4v) is 2.51. The summed E-state index contributed by atoms with van der Waals surface area (Å²) in [4.78, 5) is 13.5. The number of para-hydroxylation sites is 2. The molecule has 2 heterocycles. The van der Waals surface area contributed by atoms with Gasteiger partial charge >= 0.3 is 0 Å². The molecule has 5 nitrogen and oxygen atoms in total. The number of hydrogen-bond acceptors (Lipinski definition) is 4. The molecule has 0 bridgehead atoms. The fraction of sp³-hybridized carbons (Fsp3) is 0.312. The lowest BCUT2D eigenvalue weighted by molar-refractivity contribution is 0.661. The molecular formula is C16H19N5. The Morgan fingerprint density at radius 3 is 2.81 bits per heavy atom. The molecule has 21 heavy (non-hydrogen) atoms. The highest BCUT2D eigenvalue weighted by Gasteiger charge is 2.11. The molecule has 0 unspecified atom stereocenters. The molecule has 0 atom stereocenters. The van der Waals surface area contributed by atoms with Crippen molar-refractivity contribution >= 4 is 16.9 Å². The fourth-order valence-electron chi connectivity index (χ4n) is 2.51. The van der Waals surface area contributed by atoms with Gasteiger partial charge in [-0.05, 0) is 18.6 Å². The predicted octanol–water partition coefficient (Wildman–Crippen LogP) is 2.87. The number of hydrogen-bond donors (Lipinski definition) is 1.